The first-order valence-electron chi connectivity index (χ1n) is 44.6. The van der Waals surface area contributed by atoms with Crippen molar-refractivity contribution in [2.75, 3.05) is 35.8 Å². The predicted molar refractivity (Wildman–Crippen MR) is 502 cm³/mol. The van der Waals surface area contributed by atoms with E-state index < -0.39 is 126 Å². The van der Waals surface area contributed by atoms with Crippen molar-refractivity contribution in [1.29, 1.82) is 0 Å². The predicted octanol–water partition coefficient (Wildman–Crippen LogP) is 17.3. The molecular weight excluding hydrogens is 1800 g/mol. The molecule has 3 amide bonds. The number of anilines is 3. The van der Waals surface area contributed by atoms with Crippen molar-refractivity contribution in [3.8, 4) is 11.5 Å². The van der Waals surface area contributed by atoms with Crippen LogP contribution in [-0.2, 0) is 72.3 Å². The molecule has 43 heteroatoms. The summed E-state index contributed by atoms with van der Waals surface area (Å²) in [5, 5.41) is 32.9. The summed E-state index contributed by atoms with van der Waals surface area (Å²) in [5.41, 5.74) is 4.83. The molecule has 12 rings (SSSR count). The lowest BCUT2D eigenvalue weighted by molar-refractivity contribution is -0.130. The van der Waals surface area contributed by atoms with E-state index in [1.165, 1.54) is 23.5 Å². The highest BCUT2D eigenvalue weighted by molar-refractivity contribution is 6.86. The van der Waals surface area contributed by atoms with Gasteiger partial charge in [-0.15, -0.1) is 5.54 Å². The van der Waals surface area contributed by atoms with Crippen LogP contribution in [0.1, 0.15) is 226 Å². The Labute approximate surface area is 765 Å². The lowest BCUT2D eigenvalue weighted by Gasteiger charge is -2.51. The third-order valence-electron chi connectivity index (χ3n) is 24.7. The van der Waals surface area contributed by atoms with E-state index in [0.717, 1.165) is 0 Å². The van der Waals surface area contributed by atoms with Crippen molar-refractivity contribution in [2.24, 2.45) is 17.8 Å². The number of Topliss-reactive ketones (excluding diaryl/α,β-unsaturated/α-hetero) is 1. The summed E-state index contributed by atoms with van der Waals surface area (Å²) in [6, 6.07) is 0. The number of hydrogen-bond acceptors (Lipinski definition) is 27. The molecule has 6 aromatic heterocycles. The molecule has 33 nitrogen and oxygen atoms in total. The zero-order valence-electron chi connectivity index (χ0n) is 79.7. The molecular formula is C83H138Cl3N15O18Si7. The molecule has 6 aliphatic heterocycles. The number of carbonyl (C=O) groups is 4. The Hall–Kier alpha value is -4.88. The lowest BCUT2D eigenvalue weighted by Crippen LogP contribution is -2.67. The molecule has 0 radical (unpaired) electrons. The highest BCUT2D eigenvalue weighted by Crippen LogP contribution is 2.55. The first-order valence-corrected chi connectivity index (χ1v) is 61.1. The number of aliphatic hydroxyl groups excluding tert-OH is 1. The van der Waals surface area contributed by atoms with Crippen LogP contribution in [0.5, 0.6) is 0 Å². The van der Waals surface area contributed by atoms with Crippen molar-refractivity contribution >= 4 is 169 Å². The first kappa shape index (κ1) is 103. The zero-order chi connectivity index (χ0) is 94.0. The molecule has 5 N–H and O–H groups in total. The van der Waals surface area contributed by atoms with Crippen molar-refractivity contribution in [1.82, 2.24) is 58.6 Å². The normalized spacial score (nSPS) is 26.0. The van der Waals surface area contributed by atoms with Crippen LogP contribution in [-0.4, -0.2) is 220 Å². The number of amides is 3. The number of imidazole rings is 3. The van der Waals surface area contributed by atoms with Gasteiger partial charge in [0.2, 0.25) is 41.3 Å². The third-order valence-corrected chi connectivity index (χ3v) is 57.1. The standard InChI is InChI=1S/C31H52ClN5O6Si3.C26H44ClN5O6Si2.C26H42ClN5O6Si2/c1-18(2)28(38)36-30-34-26(32)24-27(35-30)37(17-33-24)29-31(39,14-15-44(11,12)13)25-23(41-29)16-40-45(19(3)4,20(5)6)43-46(42-25,21(7)8)22(9)10;2*1-13(2)24(34)31-26-29-22(27)19-23(30-26)32(12-28-19)25-20(33)21-18(36-25)11-35-39(14(3)4,15(5)6)38-40(37-21,16(7)8)17(9)10/h17-23,25,29,39H,16H2,1-13H3,(H,34,35,36,38);12-18,20-21,25,33H,11H2,1-10H3,(H,29,30,31,34);12-18,21,25H,11H2,1-10H3,(H,29,30,31,34)/t23-,25-,29-,31+;18-,20-,21-,25-;18-,21-,25-/m111/s1. The molecule has 6 aliphatic rings. The van der Waals surface area contributed by atoms with Crippen molar-refractivity contribution in [2.45, 2.75) is 361 Å². The Bertz CT molecular complexity index is 4900. The fraction of sp³-hybridized carbons (Fsp3) is 0.747. The Balaban J connectivity index is 0.000000198. The smallest absolute Gasteiger partial charge is 0.335 e. The maximum absolute atomic E-state index is 14.0. The van der Waals surface area contributed by atoms with Crippen LogP contribution in [0.4, 0.5) is 17.8 Å². The summed E-state index contributed by atoms with van der Waals surface area (Å²) in [6.07, 6.45) is -3.89. The number of rotatable bonds is 21. The number of ether oxygens (including phenoxy) is 3. The summed E-state index contributed by atoms with van der Waals surface area (Å²) in [6.45, 7) is 68.9. The lowest BCUT2D eigenvalue weighted by atomic mass is 9.95. The zero-order valence-corrected chi connectivity index (χ0v) is 89.0. The van der Waals surface area contributed by atoms with E-state index >= 15 is 0 Å². The second-order valence-electron chi connectivity index (χ2n) is 39.8. The molecule has 6 saturated heterocycles. The fourth-order valence-electron chi connectivity index (χ4n) is 17.6. The van der Waals surface area contributed by atoms with E-state index in [1.807, 2.05) is 0 Å². The van der Waals surface area contributed by atoms with E-state index in [-0.39, 0.29) is 172 Å². The quantitative estimate of drug-likeness (QED) is 0.0254. The van der Waals surface area contributed by atoms with Gasteiger partial charge in [0, 0.05) is 17.8 Å². The number of fused-ring (bicyclic) bond motifs is 6. The van der Waals surface area contributed by atoms with Crippen LogP contribution in [0, 0.1) is 29.2 Å². The Morgan fingerprint density at radius 1 is 0.444 bits per heavy atom. The van der Waals surface area contributed by atoms with Gasteiger partial charge >= 0.3 is 51.4 Å². The van der Waals surface area contributed by atoms with Crippen molar-refractivity contribution < 1.29 is 82.5 Å². The van der Waals surface area contributed by atoms with Crippen LogP contribution in [0.2, 0.25) is 102 Å². The molecule has 126 heavy (non-hydrogen) atoms. The van der Waals surface area contributed by atoms with Gasteiger partial charge in [-0.1, -0.05) is 268 Å². The number of aromatic nitrogens is 12. The van der Waals surface area contributed by atoms with Crippen molar-refractivity contribution in [3.63, 3.8) is 0 Å². The van der Waals surface area contributed by atoms with Crippen LogP contribution >= 0.6 is 34.8 Å². The van der Waals surface area contributed by atoms with Gasteiger partial charge in [0.05, 0.1) is 38.8 Å². The average Bonchev–Trinajstić information content (AvgIpc) is 1.62. The van der Waals surface area contributed by atoms with Crippen molar-refractivity contribution in [3.05, 3.63) is 34.4 Å². The van der Waals surface area contributed by atoms with Gasteiger partial charge in [-0.2, -0.15) is 29.9 Å². The number of halogens is 3. The van der Waals surface area contributed by atoms with E-state index in [1.54, 1.807) is 50.7 Å². The maximum atomic E-state index is 14.0. The number of aliphatic hydroxyl groups is 2. The third kappa shape index (κ3) is 20.0. The minimum Gasteiger partial charge on any atom is -0.414 e. The summed E-state index contributed by atoms with van der Waals surface area (Å²) in [4.78, 5) is 90.5. The molecule has 0 unspecified atom stereocenters. The molecule has 6 fully saturated rings. The number of ketones is 1. The average molecular weight is 1940 g/mol. The monoisotopic (exact) mass is 1930 g/mol. The molecule has 0 aliphatic carbocycles. The van der Waals surface area contributed by atoms with Gasteiger partial charge in [0.25, 0.3) is 0 Å². The minimum absolute atomic E-state index is 0.0260. The molecule has 0 spiro atoms. The first-order chi connectivity index (χ1) is 58.5. The molecule has 702 valence electrons. The van der Waals surface area contributed by atoms with E-state index in [9.17, 15) is 29.4 Å². The van der Waals surface area contributed by atoms with E-state index in [0.29, 0.717) is 22.2 Å². The molecule has 11 atom stereocenters. The summed E-state index contributed by atoms with van der Waals surface area (Å²) < 4.78 is 87.9. The molecule has 0 saturated carbocycles. The highest BCUT2D eigenvalue weighted by Gasteiger charge is 2.68. The number of nitrogens with zero attached hydrogens (tertiary/aromatic N) is 12. The van der Waals surface area contributed by atoms with Crippen LogP contribution in [0.15, 0.2) is 19.0 Å². The molecule has 12 heterocycles. The Morgan fingerprint density at radius 3 is 1.13 bits per heavy atom. The van der Waals surface area contributed by atoms with Gasteiger partial charge in [0.15, 0.2) is 56.7 Å². The van der Waals surface area contributed by atoms with Crippen LogP contribution in [0.3, 0.4) is 0 Å². The molecule has 0 bridgehead atoms. The van der Waals surface area contributed by atoms with Crippen LogP contribution in [0.25, 0.3) is 33.5 Å². The molecule has 6 aromatic rings. The van der Waals surface area contributed by atoms with Crippen LogP contribution < -0.4 is 16.0 Å². The fourth-order valence-corrected chi connectivity index (χ4v) is 52.4. The SMILES string of the molecule is CC(C)C(=O)Nc1nc(Cl)c2ncn([C@@H]3O[C@@H]4CO[Si](C(C)C)(C(C)C)O[Si](C(C)C)(C(C)C)O[C@H]4C3=O)c2n1.CC(C)C(=O)Nc1nc(Cl)c2ncn([C@@H]3O[C@@H]4CO[Si](C(C)C)(C(C)C)O[Si](C(C)C)(C(C)C)O[C@H]4[C@@]3(O)C#C[Si](C)(C)C)c2n1.CC(C)C(=O)Nc1nc(Cl)c2ncn([C@@H]3O[C@@H]4CO[Si](C(C)C)(C(C)C)O[Si](C(C)C)(C(C)C)O[C@H]4[C@H]3O)c2n1. The number of hydrogen-bond donors (Lipinski definition) is 5. The minimum atomic E-state index is -3.12. The molecule has 0 aromatic carbocycles. The Morgan fingerprint density at radius 2 is 0.770 bits per heavy atom. The highest BCUT2D eigenvalue weighted by atomic mass is 35.5. The van der Waals surface area contributed by atoms with Gasteiger partial charge in [-0.25, -0.2) is 15.0 Å². The van der Waals surface area contributed by atoms with Gasteiger partial charge in [0.1, 0.15) is 67.4 Å². The second kappa shape index (κ2) is 39.7. The largest absolute Gasteiger partial charge is 0.414 e. The van der Waals surface area contributed by atoms with Gasteiger partial charge < -0.3 is 63.3 Å². The van der Waals surface area contributed by atoms with Gasteiger partial charge in [-0.3, -0.25) is 48.8 Å². The Kier molecular flexibility index (Phi) is 32.5. The summed E-state index contributed by atoms with van der Waals surface area (Å²) >= 11 is 19.3. The summed E-state index contributed by atoms with van der Waals surface area (Å²) in [5.74, 6) is 1.50. The summed E-state index contributed by atoms with van der Waals surface area (Å²) in [7, 11) is -19.5. The van der Waals surface area contributed by atoms with Gasteiger partial charge in [-0.05, 0) is 66.5 Å². The number of carbonyl (C=O) groups excluding carboxylic acids is 4. The van der Waals surface area contributed by atoms with E-state index in [2.05, 4.69) is 258 Å². The topological polar surface area (TPSA) is 386 Å². The second-order valence-corrected chi connectivity index (χ2v) is 72.2. The maximum Gasteiger partial charge on any atom is 0.335 e. The number of nitrogens with one attached hydrogen (secondary N) is 3. The van der Waals surface area contributed by atoms with E-state index in [4.69, 9.17) is 87.9 Å².